The summed E-state index contributed by atoms with van der Waals surface area (Å²) in [5.41, 5.74) is -0.00855. The number of nitrogens with zero attached hydrogens (tertiary/aromatic N) is 1. The van der Waals surface area contributed by atoms with Gasteiger partial charge in [0.05, 0.1) is 5.39 Å². The van der Waals surface area contributed by atoms with E-state index in [-0.39, 0.29) is 23.7 Å². The van der Waals surface area contributed by atoms with Crippen LogP contribution in [0.4, 0.5) is 0 Å². The van der Waals surface area contributed by atoms with Crippen molar-refractivity contribution in [1.82, 2.24) is 4.90 Å². The van der Waals surface area contributed by atoms with Crippen molar-refractivity contribution in [1.29, 1.82) is 0 Å². The number of fused-ring (bicyclic) bond motifs is 1. The second-order valence-electron chi connectivity index (χ2n) is 6.79. The van der Waals surface area contributed by atoms with Gasteiger partial charge in [-0.25, -0.2) is 4.79 Å². The van der Waals surface area contributed by atoms with Crippen LogP contribution in [0.1, 0.15) is 30.8 Å². The number of rotatable bonds is 3. The summed E-state index contributed by atoms with van der Waals surface area (Å²) >= 11 is 0. The van der Waals surface area contributed by atoms with Crippen molar-refractivity contribution < 1.29 is 18.7 Å². The number of benzene rings is 1. The van der Waals surface area contributed by atoms with E-state index in [1.165, 1.54) is 0 Å². The summed E-state index contributed by atoms with van der Waals surface area (Å²) in [5, 5.41) is 0.395. The van der Waals surface area contributed by atoms with Gasteiger partial charge in [0.15, 0.2) is 12.0 Å². The lowest BCUT2D eigenvalue weighted by molar-refractivity contribution is -0.137. The molecular weight excluding hydrogens is 322 g/mol. The molecule has 1 amide bonds. The van der Waals surface area contributed by atoms with E-state index < -0.39 is 5.97 Å². The molecule has 1 fully saturated rings. The summed E-state index contributed by atoms with van der Waals surface area (Å²) in [6, 6.07) is 7.76. The molecule has 3 rings (SSSR count). The van der Waals surface area contributed by atoms with Crippen LogP contribution in [-0.2, 0) is 9.53 Å². The third-order valence-corrected chi connectivity index (χ3v) is 4.38. The minimum atomic E-state index is -0.811. The highest BCUT2D eigenvalue weighted by Gasteiger charge is 2.26. The third kappa shape index (κ3) is 3.90. The predicted molar refractivity (Wildman–Crippen MR) is 92.3 cm³/mol. The monoisotopic (exact) mass is 343 g/mol. The molecule has 0 N–H and O–H groups in total. The normalized spacial score (nSPS) is 20.5. The standard InChI is InChI=1S/C19H21NO5/c1-12-7-13(2)10-20(9-12)18(22)11-24-19(23)17-8-15(21)14-5-3-4-6-16(14)25-17/h3-6,8,12-13H,7,9-11H2,1-2H3. The van der Waals surface area contributed by atoms with Gasteiger partial charge in [-0.15, -0.1) is 0 Å². The molecule has 6 heteroatoms. The van der Waals surface area contributed by atoms with Crippen LogP contribution in [-0.4, -0.2) is 36.5 Å². The first-order valence-corrected chi connectivity index (χ1v) is 8.42. The SMILES string of the molecule is CC1CC(C)CN(C(=O)COC(=O)c2cc(=O)c3ccccc3o2)C1. The summed E-state index contributed by atoms with van der Waals surface area (Å²) < 4.78 is 10.5. The van der Waals surface area contributed by atoms with E-state index >= 15 is 0 Å². The van der Waals surface area contributed by atoms with E-state index in [2.05, 4.69) is 13.8 Å². The third-order valence-electron chi connectivity index (χ3n) is 4.38. The zero-order valence-electron chi connectivity index (χ0n) is 14.4. The molecule has 0 radical (unpaired) electrons. The number of ether oxygens (including phenoxy) is 1. The fourth-order valence-corrected chi connectivity index (χ4v) is 3.36. The molecule has 2 atom stereocenters. The summed E-state index contributed by atoms with van der Waals surface area (Å²) in [7, 11) is 0. The highest BCUT2D eigenvalue weighted by Crippen LogP contribution is 2.21. The molecule has 1 aromatic carbocycles. The van der Waals surface area contributed by atoms with Crippen LogP contribution < -0.4 is 5.43 Å². The Morgan fingerprint density at radius 1 is 1.20 bits per heavy atom. The minimum Gasteiger partial charge on any atom is -0.450 e. The van der Waals surface area contributed by atoms with Crippen molar-refractivity contribution in [2.45, 2.75) is 20.3 Å². The molecule has 132 valence electrons. The van der Waals surface area contributed by atoms with E-state index in [4.69, 9.17) is 9.15 Å². The van der Waals surface area contributed by atoms with Gasteiger partial charge in [-0.05, 0) is 30.4 Å². The Morgan fingerprint density at radius 2 is 1.88 bits per heavy atom. The van der Waals surface area contributed by atoms with Crippen molar-refractivity contribution in [3.63, 3.8) is 0 Å². The number of carbonyl (C=O) groups excluding carboxylic acids is 2. The van der Waals surface area contributed by atoms with Crippen LogP contribution in [0.2, 0.25) is 0 Å². The quantitative estimate of drug-likeness (QED) is 0.800. The lowest BCUT2D eigenvalue weighted by Gasteiger charge is -2.34. The summed E-state index contributed by atoms with van der Waals surface area (Å²) in [5.74, 6) is -0.370. The van der Waals surface area contributed by atoms with Gasteiger partial charge < -0.3 is 14.1 Å². The summed E-state index contributed by atoms with van der Waals surface area (Å²) in [4.78, 5) is 38.1. The van der Waals surface area contributed by atoms with Crippen molar-refractivity contribution >= 4 is 22.8 Å². The van der Waals surface area contributed by atoms with E-state index in [0.717, 1.165) is 12.5 Å². The molecule has 6 nitrogen and oxygen atoms in total. The van der Waals surface area contributed by atoms with Crippen LogP contribution in [0.5, 0.6) is 0 Å². The van der Waals surface area contributed by atoms with Crippen LogP contribution in [0, 0.1) is 11.8 Å². The van der Waals surface area contributed by atoms with E-state index in [9.17, 15) is 14.4 Å². The lowest BCUT2D eigenvalue weighted by atomic mass is 9.92. The smallest absolute Gasteiger partial charge is 0.374 e. The Labute approximate surface area is 145 Å². The minimum absolute atomic E-state index is 0.197. The molecule has 2 unspecified atom stereocenters. The molecule has 1 saturated heterocycles. The zero-order chi connectivity index (χ0) is 18.0. The Hall–Kier alpha value is -2.63. The fraction of sp³-hybridized carbons (Fsp3) is 0.421. The van der Waals surface area contributed by atoms with Crippen LogP contribution in [0.3, 0.4) is 0 Å². The Balaban J connectivity index is 1.66. The van der Waals surface area contributed by atoms with Gasteiger partial charge in [-0.1, -0.05) is 26.0 Å². The highest BCUT2D eigenvalue weighted by molar-refractivity contribution is 5.90. The Morgan fingerprint density at radius 3 is 2.60 bits per heavy atom. The molecule has 0 saturated carbocycles. The first kappa shape index (κ1) is 17.2. The highest BCUT2D eigenvalue weighted by atomic mass is 16.5. The van der Waals surface area contributed by atoms with Crippen molar-refractivity contribution in [2.24, 2.45) is 11.8 Å². The Kier molecular flexibility index (Phi) is 4.88. The van der Waals surface area contributed by atoms with Gasteiger partial charge in [-0.3, -0.25) is 9.59 Å². The second-order valence-corrected chi connectivity index (χ2v) is 6.79. The summed E-state index contributed by atoms with van der Waals surface area (Å²) in [6.45, 7) is 5.20. The molecule has 25 heavy (non-hydrogen) atoms. The van der Waals surface area contributed by atoms with Gasteiger partial charge in [0, 0.05) is 19.2 Å². The zero-order valence-corrected chi connectivity index (χ0v) is 14.4. The first-order valence-electron chi connectivity index (χ1n) is 8.42. The molecule has 1 aliphatic heterocycles. The summed E-state index contributed by atoms with van der Waals surface area (Å²) in [6.07, 6.45) is 1.09. The van der Waals surface area contributed by atoms with E-state index in [0.29, 0.717) is 35.9 Å². The number of esters is 1. The van der Waals surface area contributed by atoms with E-state index in [1.807, 2.05) is 0 Å². The Bertz CT molecular complexity index is 846. The largest absolute Gasteiger partial charge is 0.450 e. The van der Waals surface area contributed by atoms with Crippen LogP contribution in [0.25, 0.3) is 11.0 Å². The molecular formula is C19H21NO5. The number of carbonyl (C=O) groups is 2. The number of likely N-dealkylation sites (tertiary alicyclic amines) is 1. The molecule has 0 bridgehead atoms. The molecule has 2 heterocycles. The molecule has 0 aliphatic carbocycles. The van der Waals surface area contributed by atoms with Gasteiger partial charge in [0.25, 0.3) is 5.91 Å². The first-order chi connectivity index (χ1) is 11.9. The van der Waals surface area contributed by atoms with Crippen LogP contribution >= 0.6 is 0 Å². The maximum Gasteiger partial charge on any atom is 0.374 e. The number of para-hydroxylation sites is 1. The average molecular weight is 343 g/mol. The molecule has 1 aliphatic rings. The second kappa shape index (κ2) is 7.09. The number of amides is 1. The maximum atomic E-state index is 12.3. The average Bonchev–Trinajstić information content (AvgIpc) is 2.58. The number of hydrogen-bond donors (Lipinski definition) is 0. The molecule has 1 aromatic heterocycles. The molecule has 0 spiro atoms. The fourth-order valence-electron chi connectivity index (χ4n) is 3.36. The van der Waals surface area contributed by atoms with Crippen molar-refractivity contribution in [3.05, 3.63) is 46.3 Å². The van der Waals surface area contributed by atoms with Crippen molar-refractivity contribution in [2.75, 3.05) is 19.7 Å². The molecule has 2 aromatic rings. The van der Waals surface area contributed by atoms with Gasteiger partial charge in [0.1, 0.15) is 5.58 Å². The van der Waals surface area contributed by atoms with Gasteiger partial charge in [-0.2, -0.15) is 0 Å². The van der Waals surface area contributed by atoms with Crippen LogP contribution in [0.15, 0.2) is 39.5 Å². The number of piperidine rings is 1. The van der Waals surface area contributed by atoms with Crippen molar-refractivity contribution in [3.8, 4) is 0 Å². The lowest BCUT2D eigenvalue weighted by Crippen LogP contribution is -2.44. The predicted octanol–water partition coefficient (Wildman–Crippen LogP) is 2.45. The van der Waals surface area contributed by atoms with Gasteiger partial charge >= 0.3 is 5.97 Å². The maximum absolute atomic E-state index is 12.3. The number of hydrogen-bond acceptors (Lipinski definition) is 5. The topological polar surface area (TPSA) is 76.8 Å². The van der Waals surface area contributed by atoms with Gasteiger partial charge in [0.2, 0.25) is 5.76 Å². The van der Waals surface area contributed by atoms with E-state index in [1.54, 1.807) is 29.2 Å².